The second kappa shape index (κ2) is 6.71. The van der Waals surface area contributed by atoms with Gasteiger partial charge in [0.1, 0.15) is 0 Å². The molecule has 0 saturated heterocycles. The molecule has 1 aliphatic heterocycles. The van der Waals surface area contributed by atoms with Gasteiger partial charge in [0.25, 0.3) is 0 Å². The Labute approximate surface area is 116 Å². The van der Waals surface area contributed by atoms with E-state index in [1.165, 1.54) is 11.1 Å². The van der Waals surface area contributed by atoms with Crippen molar-refractivity contribution in [2.75, 3.05) is 13.1 Å². The number of benzene rings is 1. The second-order valence-electron chi connectivity index (χ2n) is 5.55. The normalized spacial score (nSPS) is 14.6. The molecule has 1 N–H and O–H groups in total. The van der Waals surface area contributed by atoms with Crippen LogP contribution in [0.1, 0.15) is 37.8 Å². The van der Waals surface area contributed by atoms with Crippen molar-refractivity contribution < 1.29 is 4.79 Å². The molecule has 0 radical (unpaired) electrons. The Morgan fingerprint density at radius 2 is 2.05 bits per heavy atom. The van der Waals surface area contributed by atoms with Crippen LogP contribution in [0.4, 0.5) is 0 Å². The topological polar surface area (TPSA) is 32.3 Å². The van der Waals surface area contributed by atoms with E-state index in [9.17, 15) is 4.79 Å². The summed E-state index contributed by atoms with van der Waals surface area (Å²) in [5.74, 6) is 0.292. The Kier molecular flexibility index (Phi) is 4.97. The zero-order valence-electron chi connectivity index (χ0n) is 12.0. The maximum Gasteiger partial charge on any atom is 0.222 e. The van der Waals surface area contributed by atoms with Gasteiger partial charge in [0.2, 0.25) is 5.91 Å². The predicted molar refractivity (Wildman–Crippen MR) is 77.9 cm³/mol. The van der Waals surface area contributed by atoms with Gasteiger partial charge in [0.15, 0.2) is 0 Å². The maximum atomic E-state index is 12.2. The van der Waals surface area contributed by atoms with Gasteiger partial charge in [-0.1, -0.05) is 38.1 Å². The summed E-state index contributed by atoms with van der Waals surface area (Å²) in [6.45, 7) is 6.83. The average Bonchev–Trinajstić information content (AvgIpc) is 2.42. The molecule has 0 aliphatic carbocycles. The van der Waals surface area contributed by atoms with E-state index in [2.05, 4.69) is 43.4 Å². The van der Waals surface area contributed by atoms with E-state index in [0.29, 0.717) is 18.4 Å². The molecular weight excluding hydrogens is 236 g/mol. The van der Waals surface area contributed by atoms with Crippen molar-refractivity contribution in [3.8, 4) is 0 Å². The van der Waals surface area contributed by atoms with E-state index < -0.39 is 0 Å². The molecule has 3 nitrogen and oxygen atoms in total. The summed E-state index contributed by atoms with van der Waals surface area (Å²) in [7, 11) is 0. The Bertz CT molecular complexity index is 429. The third kappa shape index (κ3) is 4.06. The number of hydrogen-bond donors (Lipinski definition) is 1. The molecule has 19 heavy (non-hydrogen) atoms. The molecule has 0 unspecified atom stereocenters. The van der Waals surface area contributed by atoms with E-state index in [-0.39, 0.29) is 0 Å². The van der Waals surface area contributed by atoms with Crippen LogP contribution in [-0.4, -0.2) is 29.9 Å². The molecule has 104 valence electrons. The van der Waals surface area contributed by atoms with Gasteiger partial charge >= 0.3 is 0 Å². The fraction of sp³-hybridized carbons (Fsp3) is 0.562. The number of nitrogens with zero attached hydrogens (tertiary/aromatic N) is 1. The molecule has 1 aromatic carbocycles. The lowest BCUT2D eigenvalue weighted by molar-refractivity contribution is -0.132. The third-order valence-electron chi connectivity index (χ3n) is 3.60. The van der Waals surface area contributed by atoms with Gasteiger partial charge in [0, 0.05) is 25.6 Å². The molecule has 0 aromatic heterocycles. The lowest BCUT2D eigenvalue weighted by atomic mass is 9.99. The first kappa shape index (κ1) is 14.1. The molecule has 2 rings (SSSR count). The first-order valence-corrected chi connectivity index (χ1v) is 7.25. The van der Waals surface area contributed by atoms with Gasteiger partial charge < -0.3 is 10.2 Å². The predicted octanol–water partition coefficient (Wildman–Crippen LogP) is 2.35. The first-order valence-electron chi connectivity index (χ1n) is 7.25. The summed E-state index contributed by atoms with van der Waals surface area (Å²) in [6, 6.07) is 8.93. The Hall–Kier alpha value is -1.35. The minimum absolute atomic E-state index is 0.292. The van der Waals surface area contributed by atoms with Gasteiger partial charge in [-0.05, 0) is 30.5 Å². The highest BCUT2D eigenvalue weighted by atomic mass is 16.2. The lowest BCUT2D eigenvalue weighted by Crippen LogP contribution is -2.36. The summed E-state index contributed by atoms with van der Waals surface area (Å²) in [5.41, 5.74) is 2.70. The average molecular weight is 260 g/mol. The summed E-state index contributed by atoms with van der Waals surface area (Å²) >= 11 is 0. The van der Waals surface area contributed by atoms with Crippen LogP contribution in [0.15, 0.2) is 24.3 Å². The van der Waals surface area contributed by atoms with Crippen LogP contribution < -0.4 is 5.32 Å². The Morgan fingerprint density at radius 3 is 2.79 bits per heavy atom. The number of hydrogen-bond acceptors (Lipinski definition) is 2. The van der Waals surface area contributed by atoms with E-state index >= 15 is 0 Å². The largest absolute Gasteiger partial charge is 0.338 e. The minimum atomic E-state index is 0.292. The molecular formula is C16H24N2O. The molecule has 1 heterocycles. The van der Waals surface area contributed by atoms with Crippen molar-refractivity contribution in [1.82, 2.24) is 10.2 Å². The minimum Gasteiger partial charge on any atom is -0.338 e. The maximum absolute atomic E-state index is 12.2. The SMILES string of the molecule is CC(C)NCCCC(=O)N1CCc2ccccc2C1. The molecule has 1 aliphatic rings. The Balaban J connectivity index is 1.79. The van der Waals surface area contributed by atoms with E-state index in [1.54, 1.807) is 0 Å². The highest BCUT2D eigenvalue weighted by molar-refractivity contribution is 5.76. The van der Waals surface area contributed by atoms with E-state index in [4.69, 9.17) is 0 Å². The summed E-state index contributed by atoms with van der Waals surface area (Å²) in [6.07, 6.45) is 2.57. The van der Waals surface area contributed by atoms with Crippen LogP contribution >= 0.6 is 0 Å². The fourth-order valence-electron chi connectivity index (χ4n) is 2.50. The number of rotatable bonds is 5. The van der Waals surface area contributed by atoms with Crippen molar-refractivity contribution in [2.24, 2.45) is 0 Å². The lowest BCUT2D eigenvalue weighted by Gasteiger charge is -2.29. The molecule has 0 saturated carbocycles. The van der Waals surface area contributed by atoms with Crippen molar-refractivity contribution in [2.45, 2.75) is 45.7 Å². The van der Waals surface area contributed by atoms with Crippen LogP contribution in [0.2, 0.25) is 0 Å². The quantitative estimate of drug-likeness (QED) is 0.824. The molecule has 0 bridgehead atoms. The van der Waals surface area contributed by atoms with Crippen LogP contribution in [-0.2, 0) is 17.8 Å². The summed E-state index contributed by atoms with van der Waals surface area (Å²) < 4.78 is 0. The third-order valence-corrected chi connectivity index (χ3v) is 3.60. The van der Waals surface area contributed by atoms with Crippen LogP contribution in [0.3, 0.4) is 0 Å². The highest BCUT2D eigenvalue weighted by Gasteiger charge is 2.19. The zero-order valence-corrected chi connectivity index (χ0v) is 12.0. The number of amides is 1. The van der Waals surface area contributed by atoms with Gasteiger partial charge in [-0.15, -0.1) is 0 Å². The molecule has 1 aromatic rings. The Morgan fingerprint density at radius 1 is 1.32 bits per heavy atom. The smallest absolute Gasteiger partial charge is 0.222 e. The number of fused-ring (bicyclic) bond motifs is 1. The van der Waals surface area contributed by atoms with E-state index in [1.807, 2.05) is 4.90 Å². The monoisotopic (exact) mass is 260 g/mol. The molecule has 0 fully saturated rings. The summed E-state index contributed by atoms with van der Waals surface area (Å²) in [4.78, 5) is 14.1. The first-order chi connectivity index (χ1) is 9.16. The number of nitrogens with one attached hydrogen (secondary N) is 1. The molecule has 3 heteroatoms. The van der Waals surface area contributed by atoms with Gasteiger partial charge in [0.05, 0.1) is 0 Å². The van der Waals surface area contributed by atoms with Crippen molar-refractivity contribution in [3.05, 3.63) is 35.4 Å². The van der Waals surface area contributed by atoms with Gasteiger partial charge in [-0.2, -0.15) is 0 Å². The fourth-order valence-corrected chi connectivity index (χ4v) is 2.50. The number of carbonyl (C=O) groups is 1. The zero-order chi connectivity index (χ0) is 13.7. The van der Waals surface area contributed by atoms with Crippen LogP contribution in [0.5, 0.6) is 0 Å². The van der Waals surface area contributed by atoms with Gasteiger partial charge in [-0.25, -0.2) is 0 Å². The van der Waals surface area contributed by atoms with Crippen molar-refractivity contribution in [1.29, 1.82) is 0 Å². The molecule has 0 atom stereocenters. The molecule has 1 amide bonds. The van der Waals surface area contributed by atoms with Crippen molar-refractivity contribution in [3.63, 3.8) is 0 Å². The van der Waals surface area contributed by atoms with Crippen molar-refractivity contribution >= 4 is 5.91 Å². The second-order valence-corrected chi connectivity index (χ2v) is 5.55. The van der Waals surface area contributed by atoms with E-state index in [0.717, 1.165) is 32.5 Å². The standard InChI is InChI=1S/C16H24N2O/c1-13(2)17-10-5-8-16(19)18-11-9-14-6-3-4-7-15(14)12-18/h3-4,6-7,13,17H,5,8-12H2,1-2H3. The highest BCUT2D eigenvalue weighted by Crippen LogP contribution is 2.19. The van der Waals surface area contributed by atoms with Crippen LogP contribution in [0.25, 0.3) is 0 Å². The number of carbonyl (C=O) groups excluding carboxylic acids is 1. The summed E-state index contributed by atoms with van der Waals surface area (Å²) in [5, 5.41) is 3.35. The van der Waals surface area contributed by atoms with Gasteiger partial charge in [-0.3, -0.25) is 4.79 Å². The molecule has 0 spiro atoms. The van der Waals surface area contributed by atoms with Crippen LogP contribution in [0, 0.1) is 0 Å².